The molecule has 5 rings (SSSR count). The van der Waals surface area contributed by atoms with Gasteiger partial charge in [0.1, 0.15) is 11.5 Å². The van der Waals surface area contributed by atoms with Gasteiger partial charge in [0.15, 0.2) is 0 Å². The highest BCUT2D eigenvalue weighted by Crippen LogP contribution is 2.33. The Labute approximate surface area is 218 Å². The predicted octanol–water partition coefficient (Wildman–Crippen LogP) is 5.90. The largest absolute Gasteiger partial charge is 0.478 e. The molecule has 2 heterocycles. The van der Waals surface area contributed by atoms with E-state index in [-0.39, 0.29) is 18.0 Å². The quantitative estimate of drug-likeness (QED) is 0.248. The Morgan fingerprint density at radius 1 is 0.868 bits per heavy atom. The van der Waals surface area contributed by atoms with E-state index in [0.29, 0.717) is 22.7 Å². The molecule has 1 N–H and O–H groups in total. The third-order valence-corrected chi connectivity index (χ3v) is 6.20. The summed E-state index contributed by atoms with van der Waals surface area (Å²) in [5, 5.41) is 9.18. The topological polar surface area (TPSA) is 97.0 Å². The smallest absolute Gasteiger partial charge is 0.337 e. The number of hydrogen-bond donors (Lipinski definition) is 1. The number of methoxy groups -OCH3 is 1. The minimum atomic E-state index is -0.999. The zero-order valence-corrected chi connectivity index (χ0v) is 20.5. The number of ether oxygens (including phenoxy) is 1. The fraction of sp³-hybridized carbons (Fsp3) is 0.0645. The number of carboxylic acid groups (broad SMARTS) is 1. The molecule has 7 heteroatoms. The molecule has 0 spiro atoms. The van der Waals surface area contributed by atoms with Gasteiger partial charge in [-0.15, -0.1) is 0 Å². The second-order valence-corrected chi connectivity index (χ2v) is 8.66. The molecule has 0 radical (unpaired) electrons. The second kappa shape index (κ2) is 10.4. The van der Waals surface area contributed by atoms with Crippen LogP contribution < -0.4 is 0 Å². The van der Waals surface area contributed by atoms with Crippen molar-refractivity contribution in [3.8, 4) is 11.3 Å². The summed E-state index contributed by atoms with van der Waals surface area (Å²) < 4.78 is 10.7. The summed E-state index contributed by atoms with van der Waals surface area (Å²) in [7, 11) is 1.33. The highest BCUT2D eigenvalue weighted by molar-refractivity contribution is 6.10. The summed E-state index contributed by atoms with van der Waals surface area (Å²) >= 11 is 0. The zero-order chi connectivity index (χ0) is 26.6. The molecule has 7 nitrogen and oxygen atoms in total. The molecule has 1 amide bonds. The second-order valence-electron chi connectivity index (χ2n) is 8.66. The number of carbonyl (C=O) groups is 3. The van der Waals surface area contributed by atoms with Crippen LogP contribution in [0.4, 0.5) is 0 Å². The van der Waals surface area contributed by atoms with Gasteiger partial charge in [-0.3, -0.25) is 4.79 Å². The maximum absolute atomic E-state index is 13.5. The van der Waals surface area contributed by atoms with E-state index in [0.717, 1.165) is 22.4 Å². The van der Waals surface area contributed by atoms with E-state index in [2.05, 4.69) is 0 Å². The minimum absolute atomic E-state index is 0.188. The van der Waals surface area contributed by atoms with Crippen molar-refractivity contribution in [1.82, 2.24) is 4.90 Å². The summed E-state index contributed by atoms with van der Waals surface area (Å²) in [6, 6.07) is 26.6. The number of benzene rings is 3. The maximum Gasteiger partial charge on any atom is 0.337 e. The molecular formula is C31H23NO6. The van der Waals surface area contributed by atoms with Crippen molar-refractivity contribution in [2.75, 3.05) is 7.11 Å². The molecular weight excluding hydrogens is 482 g/mol. The van der Waals surface area contributed by atoms with Gasteiger partial charge in [0.05, 0.1) is 30.5 Å². The van der Waals surface area contributed by atoms with Crippen molar-refractivity contribution in [3.05, 3.63) is 131 Å². The van der Waals surface area contributed by atoms with Gasteiger partial charge >= 0.3 is 11.9 Å². The Morgan fingerprint density at radius 3 is 2.21 bits per heavy atom. The molecule has 1 aliphatic rings. The number of aromatic carboxylic acids is 1. The first-order valence-electron chi connectivity index (χ1n) is 11.8. The van der Waals surface area contributed by atoms with Gasteiger partial charge in [0, 0.05) is 11.1 Å². The van der Waals surface area contributed by atoms with Crippen LogP contribution in [-0.2, 0) is 16.1 Å². The van der Waals surface area contributed by atoms with Gasteiger partial charge in [-0.1, -0.05) is 54.6 Å². The van der Waals surface area contributed by atoms with Crippen molar-refractivity contribution < 1.29 is 28.6 Å². The SMILES string of the molecule is COC(=O)c1ccc(-c2ccc(/C=C3\C=C(c4ccccc4)N(Cc4ccc(C(=O)O)cc4)C3=O)o2)cc1. The monoisotopic (exact) mass is 505 g/mol. The Bertz CT molecular complexity index is 1560. The highest BCUT2D eigenvalue weighted by Gasteiger charge is 2.29. The Morgan fingerprint density at radius 2 is 1.55 bits per heavy atom. The summed E-state index contributed by atoms with van der Waals surface area (Å²) in [6.45, 7) is 0.284. The van der Waals surface area contributed by atoms with Crippen LogP contribution in [0.2, 0.25) is 0 Å². The van der Waals surface area contributed by atoms with Gasteiger partial charge in [0.2, 0.25) is 0 Å². The first-order valence-corrected chi connectivity index (χ1v) is 11.8. The molecule has 0 saturated heterocycles. The lowest BCUT2D eigenvalue weighted by Crippen LogP contribution is -2.25. The molecule has 0 atom stereocenters. The number of nitrogens with zero attached hydrogens (tertiary/aromatic N) is 1. The predicted molar refractivity (Wildman–Crippen MR) is 142 cm³/mol. The van der Waals surface area contributed by atoms with Crippen LogP contribution in [0.3, 0.4) is 0 Å². The van der Waals surface area contributed by atoms with Gasteiger partial charge in [0.25, 0.3) is 5.91 Å². The number of furan rings is 1. The molecule has 0 bridgehead atoms. The molecule has 4 aromatic rings. The van der Waals surface area contributed by atoms with E-state index in [9.17, 15) is 19.5 Å². The van der Waals surface area contributed by atoms with E-state index >= 15 is 0 Å². The van der Waals surface area contributed by atoms with Crippen LogP contribution in [0.15, 0.2) is 107 Å². The van der Waals surface area contributed by atoms with Crippen LogP contribution in [-0.4, -0.2) is 35.0 Å². The molecule has 38 heavy (non-hydrogen) atoms. The summed E-state index contributed by atoms with van der Waals surface area (Å²) in [5.41, 5.74) is 4.32. The van der Waals surface area contributed by atoms with Crippen molar-refractivity contribution in [2.24, 2.45) is 0 Å². The molecule has 1 aromatic heterocycles. The van der Waals surface area contributed by atoms with Crippen molar-refractivity contribution >= 4 is 29.6 Å². The first-order chi connectivity index (χ1) is 18.4. The molecule has 0 unspecified atom stereocenters. The molecule has 3 aromatic carbocycles. The Hall–Kier alpha value is -5.17. The van der Waals surface area contributed by atoms with Crippen molar-refractivity contribution in [1.29, 1.82) is 0 Å². The number of hydrogen-bond acceptors (Lipinski definition) is 5. The first kappa shape index (κ1) is 24.5. The van der Waals surface area contributed by atoms with E-state index < -0.39 is 11.9 Å². The third kappa shape index (κ3) is 5.03. The number of carbonyl (C=O) groups excluding carboxylic acids is 2. The lowest BCUT2D eigenvalue weighted by atomic mass is 10.1. The normalized spacial score (nSPS) is 14.0. The van der Waals surface area contributed by atoms with Crippen molar-refractivity contribution in [3.63, 3.8) is 0 Å². The lowest BCUT2D eigenvalue weighted by molar-refractivity contribution is -0.123. The van der Waals surface area contributed by atoms with Crippen LogP contribution >= 0.6 is 0 Å². The van der Waals surface area contributed by atoms with Crippen LogP contribution in [0.5, 0.6) is 0 Å². The average Bonchev–Trinajstić information content (AvgIpc) is 3.54. The van der Waals surface area contributed by atoms with Gasteiger partial charge in [-0.05, 0) is 59.7 Å². The van der Waals surface area contributed by atoms with Gasteiger partial charge in [-0.25, -0.2) is 9.59 Å². The minimum Gasteiger partial charge on any atom is -0.478 e. The van der Waals surface area contributed by atoms with Gasteiger partial charge in [-0.2, -0.15) is 0 Å². The Balaban J connectivity index is 1.43. The standard InChI is InChI=1S/C31H23NO6/c1-37-31(36)24-13-11-22(12-14-24)28-16-15-26(38-28)17-25-18-27(21-5-3-2-4-6-21)32(29(25)33)19-20-7-9-23(10-8-20)30(34)35/h2-18H,19H2,1H3,(H,34,35)/b25-17+. The molecule has 0 aliphatic carbocycles. The number of carboxylic acids is 1. The summed E-state index contributed by atoms with van der Waals surface area (Å²) in [5.74, 6) is -0.490. The van der Waals surface area contributed by atoms with Crippen LogP contribution in [0.1, 0.15) is 37.6 Å². The zero-order valence-electron chi connectivity index (χ0n) is 20.5. The molecule has 188 valence electrons. The van der Waals surface area contributed by atoms with Crippen LogP contribution in [0, 0.1) is 0 Å². The third-order valence-electron chi connectivity index (χ3n) is 6.20. The number of rotatable bonds is 7. The van der Waals surface area contributed by atoms with E-state index in [1.165, 1.54) is 19.2 Å². The summed E-state index contributed by atoms with van der Waals surface area (Å²) in [4.78, 5) is 38.1. The van der Waals surface area contributed by atoms with E-state index in [1.54, 1.807) is 53.4 Å². The van der Waals surface area contributed by atoms with Gasteiger partial charge < -0.3 is 19.2 Å². The summed E-state index contributed by atoms with van der Waals surface area (Å²) in [6.07, 6.45) is 3.53. The highest BCUT2D eigenvalue weighted by atomic mass is 16.5. The molecule has 1 aliphatic heterocycles. The number of esters is 1. The van der Waals surface area contributed by atoms with E-state index in [1.807, 2.05) is 42.5 Å². The lowest BCUT2D eigenvalue weighted by Gasteiger charge is -2.21. The fourth-order valence-electron chi connectivity index (χ4n) is 4.22. The molecule has 0 fully saturated rings. The molecule has 0 saturated carbocycles. The number of amides is 1. The average molecular weight is 506 g/mol. The van der Waals surface area contributed by atoms with Crippen LogP contribution in [0.25, 0.3) is 23.1 Å². The van der Waals surface area contributed by atoms with E-state index in [4.69, 9.17) is 9.15 Å². The van der Waals surface area contributed by atoms with Crippen molar-refractivity contribution in [2.45, 2.75) is 6.54 Å². The maximum atomic E-state index is 13.5. The Kier molecular flexibility index (Phi) is 6.74. The fourth-order valence-corrected chi connectivity index (χ4v) is 4.22.